The zero-order chi connectivity index (χ0) is 19.4. The van der Waals surface area contributed by atoms with Crippen molar-refractivity contribution in [3.8, 4) is 11.5 Å². The second kappa shape index (κ2) is 8.09. The number of rotatable bonds is 6. The molecular formula is C20H19NO5S. The number of thiophene rings is 1. The van der Waals surface area contributed by atoms with Crippen LogP contribution in [-0.2, 0) is 4.74 Å². The monoisotopic (exact) mass is 385 g/mol. The van der Waals surface area contributed by atoms with Crippen molar-refractivity contribution in [3.05, 3.63) is 52.9 Å². The van der Waals surface area contributed by atoms with Crippen LogP contribution in [0.25, 0.3) is 10.1 Å². The van der Waals surface area contributed by atoms with E-state index in [9.17, 15) is 9.59 Å². The normalized spacial score (nSPS) is 10.5. The van der Waals surface area contributed by atoms with Gasteiger partial charge in [-0.05, 0) is 37.3 Å². The first kappa shape index (κ1) is 18.7. The van der Waals surface area contributed by atoms with Gasteiger partial charge in [-0.3, -0.25) is 4.79 Å². The lowest BCUT2D eigenvalue weighted by molar-refractivity contribution is 0.0603. The second-order valence-corrected chi connectivity index (χ2v) is 6.60. The molecule has 0 aliphatic heterocycles. The minimum Gasteiger partial charge on any atom is -0.494 e. The molecule has 0 saturated heterocycles. The number of methoxy groups -OCH3 is 2. The molecule has 1 aromatic heterocycles. The molecule has 0 radical (unpaired) electrons. The maximum Gasteiger partial charge on any atom is 0.351 e. The molecule has 1 N–H and O–H groups in total. The molecule has 0 bridgehead atoms. The van der Waals surface area contributed by atoms with Gasteiger partial charge in [-0.15, -0.1) is 11.3 Å². The summed E-state index contributed by atoms with van der Waals surface area (Å²) >= 11 is 1.28. The number of anilines is 1. The smallest absolute Gasteiger partial charge is 0.351 e. The molecule has 0 aliphatic rings. The second-order valence-electron chi connectivity index (χ2n) is 5.55. The molecule has 1 amide bonds. The Hall–Kier alpha value is -3.06. The lowest BCUT2D eigenvalue weighted by Crippen LogP contribution is -2.13. The third-order valence-electron chi connectivity index (χ3n) is 3.91. The quantitative estimate of drug-likeness (QED) is 0.639. The predicted molar refractivity (Wildman–Crippen MR) is 105 cm³/mol. The SMILES string of the molecule is CCOc1ccccc1C(=O)Nc1ccc2sc(C(=O)OC)c(OC)c2c1. The molecule has 0 saturated carbocycles. The highest BCUT2D eigenvalue weighted by Gasteiger charge is 2.20. The molecule has 0 fully saturated rings. The van der Waals surface area contributed by atoms with Crippen LogP contribution in [0.5, 0.6) is 11.5 Å². The van der Waals surface area contributed by atoms with Crippen molar-refractivity contribution in [3.63, 3.8) is 0 Å². The van der Waals surface area contributed by atoms with Gasteiger partial charge >= 0.3 is 5.97 Å². The first-order valence-electron chi connectivity index (χ1n) is 8.31. The summed E-state index contributed by atoms with van der Waals surface area (Å²) in [5, 5.41) is 3.60. The maximum atomic E-state index is 12.7. The van der Waals surface area contributed by atoms with Crippen molar-refractivity contribution in [2.24, 2.45) is 0 Å². The Bertz CT molecular complexity index is 995. The molecule has 0 atom stereocenters. The van der Waals surface area contributed by atoms with Crippen LogP contribution in [0, 0.1) is 0 Å². The van der Waals surface area contributed by atoms with E-state index in [0.717, 1.165) is 10.1 Å². The largest absolute Gasteiger partial charge is 0.494 e. The van der Waals surface area contributed by atoms with Crippen LogP contribution in [0.3, 0.4) is 0 Å². The maximum absolute atomic E-state index is 12.7. The predicted octanol–water partition coefficient (Wildman–Crippen LogP) is 4.35. The lowest BCUT2D eigenvalue weighted by Gasteiger charge is -2.10. The molecule has 0 unspecified atom stereocenters. The molecule has 7 heteroatoms. The summed E-state index contributed by atoms with van der Waals surface area (Å²) in [5.41, 5.74) is 1.04. The minimum absolute atomic E-state index is 0.277. The van der Waals surface area contributed by atoms with Gasteiger partial charge in [0.15, 0.2) is 10.6 Å². The van der Waals surface area contributed by atoms with Crippen LogP contribution in [0.4, 0.5) is 5.69 Å². The molecule has 0 spiro atoms. The van der Waals surface area contributed by atoms with Crippen molar-refractivity contribution < 1.29 is 23.8 Å². The van der Waals surface area contributed by atoms with Crippen LogP contribution < -0.4 is 14.8 Å². The van der Waals surface area contributed by atoms with Crippen molar-refractivity contribution in [1.82, 2.24) is 0 Å². The molecular weight excluding hydrogens is 366 g/mol. The van der Waals surface area contributed by atoms with Crippen molar-refractivity contribution >= 4 is 39.0 Å². The molecule has 6 nitrogen and oxygen atoms in total. The molecule has 2 aromatic carbocycles. The average molecular weight is 385 g/mol. The Balaban J connectivity index is 1.94. The fourth-order valence-corrected chi connectivity index (χ4v) is 3.79. The van der Waals surface area contributed by atoms with Gasteiger partial charge in [0.2, 0.25) is 0 Å². The Kier molecular flexibility index (Phi) is 5.61. The van der Waals surface area contributed by atoms with E-state index in [-0.39, 0.29) is 5.91 Å². The van der Waals surface area contributed by atoms with Gasteiger partial charge in [0.25, 0.3) is 5.91 Å². The number of hydrogen-bond acceptors (Lipinski definition) is 6. The van der Waals surface area contributed by atoms with Gasteiger partial charge in [-0.1, -0.05) is 12.1 Å². The number of fused-ring (bicyclic) bond motifs is 1. The van der Waals surface area contributed by atoms with E-state index in [0.29, 0.717) is 34.2 Å². The zero-order valence-corrected chi connectivity index (χ0v) is 16.0. The molecule has 0 aliphatic carbocycles. The average Bonchev–Trinajstić information content (AvgIpc) is 3.05. The molecule has 3 rings (SSSR count). The first-order chi connectivity index (χ1) is 13.1. The summed E-state index contributed by atoms with van der Waals surface area (Å²) in [6.45, 7) is 2.34. The molecule has 140 valence electrons. The van der Waals surface area contributed by atoms with Crippen molar-refractivity contribution in [2.75, 3.05) is 26.1 Å². The number of para-hydroxylation sites is 1. The van der Waals surface area contributed by atoms with E-state index in [2.05, 4.69) is 5.32 Å². The van der Waals surface area contributed by atoms with Gasteiger partial charge in [0, 0.05) is 15.8 Å². The number of esters is 1. The van der Waals surface area contributed by atoms with Crippen LogP contribution in [0.1, 0.15) is 27.0 Å². The third kappa shape index (κ3) is 3.73. The highest BCUT2D eigenvalue weighted by atomic mass is 32.1. The highest BCUT2D eigenvalue weighted by Crippen LogP contribution is 2.39. The van der Waals surface area contributed by atoms with Gasteiger partial charge < -0.3 is 19.5 Å². The van der Waals surface area contributed by atoms with Crippen LogP contribution in [0.15, 0.2) is 42.5 Å². The molecule has 3 aromatic rings. The number of nitrogens with one attached hydrogen (secondary N) is 1. The highest BCUT2D eigenvalue weighted by molar-refractivity contribution is 7.21. The fraction of sp³-hybridized carbons (Fsp3) is 0.200. The van der Waals surface area contributed by atoms with E-state index in [4.69, 9.17) is 14.2 Å². The summed E-state index contributed by atoms with van der Waals surface area (Å²) in [6.07, 6.45) is 0. The van der Waals surface area contributed by atoms with E-state index in [1.165, 1.54) is 25.6 Å². The number of benzene rings is 2. The van der Waals surface area contributed by atoms with E-state index in [1.54, 1.807) is 30.3 Å². The van der Waals surface area contributed by atoms with Gasteiger partial charge in [-0.2, -0.15) is 0 Å². The summed E-state index contributed by atoms with van der Waals surface area (Å²) in [5.74, 6) is 0.234. The zero-order valence-electron chi connectivity index (χ0n) is 15.2. The Morgan fingerprint density at radius 2 is 1.89 bits per heavy atom. The van der Waals surface area contributed by atoms with Crippen LogP contribution in [0.2, 0.25) is 0 Å². The van der Waals surface area contributed by atoms with E-state index >= 15 is 0 Å². The van der Waals surface area contributed by atoms with Crippen molar-refractivity contribution in [2.45, 2.75) is 6.92 Å². The molecule has 1 heterocycles. The first-order valence-corrected chi connectivity index (χ1v) is 9.12. The van der Waals surface area contributed by atoms with E-state index in [1.807, 2.05) is 19.1 Å². The molecule has 27 heavy (non-hydrogen) atoms. The van der Waals surface area contributed by atoms with Gasteiger partial charge in [-0.25, -0.2) is 4.79 Å². The summed E-state index contributed by atoms with van der Waals surface area (Å²) in [4.78, 5) is 25.0. The number of amides is 1. The number of carbonyl (C=O) groups is 2. The summed E-state index contributed by atoms with van der Waals surface area (Å²) < 4.78 is 16.6. The summed E-state index contributed by atoms with van der Waals surface area (Å²) in [7, 11) is 2.82. The Morgan fingerprint density at radius 3 is 2.59 bits per heavy atom. The fourth-order valence-electron chi connectivity index (χ4n) is 2.72. The van der Waals surface area contributed by atoms with Crippen LogP contribution >= 0.6 is 11.3 Å². The Labute approximate surface area is 160 Å². The van der Waals surface area contributed by atoms with Crippen molar-refractivity contribution in [1.29, 1.82) is 0 Å². The number of hydrogen-bond donors (Lipinski definition) is 1. The summed E-state index contributed by atoms with van der Waals surface area (Å²) in [6, 6.07) is 12.5. The lowest BCUT2D eigenvalue weighted by atomic mass is 10.1. The van der Waals surface area contributed by atoms with Crippen LogP contribution in [-0.4, -0.2) is 32.7 Å². The third-order valence-corrected chi connectivity index (χ3v) is 5.04. The Morgan fingerprint density at radius 1 is 1.11 bits per heavy atom. The van der Waals surface area contributed by atoms with Gasteiger partial charge in [0.05, 0.1) is 26.4 Å². The topological polar surface area (TPSA) is 73.9 Å². The number of ether oxygens (including phenoxy) is 3. The number of carbonyl (C=O) groups excluding carboxylic acids is 2. The standard InChI is InChI=1S/C20H19NO5S/c1-4-26-15-8-6-5-7-13(15)19(22)21-12-9-10-16-14(11-12)17(24-2)18(27-16)20(23)25-3/h5-11H,4H2,1-3H3,(H,21,22). The van der Waals surface area contributed by atoms with Gasteiger partial charge in [0.1, 0.15) is 5.75 Å². The van der Waals surface area contributed by atoms with E-state index < -0.39 is 5.97 Å². The minimum atomic E-state index is -0.454.